The minimum atomic E-state index is 0.180. The molecule has 0 N–H and O–H groups in total. The van der Waals surface area contributed by atoms with Crippen molar-refractivity contribution < 1.29 is 4.74 Å². The molecule has 2 rings (SSSR count). The lowest BCUT2D eigenvalue weighted by atomic mass is 10.1. The molecule has 0 aliphatic carbocycles. The van der Waals surface area contributed by atoms with E-state index in [1.165, 1.54) is 44.3 Å². The first-order valence-corrected chi connectivity index (χ1v) is 7.58. The quantitative estimate of drug-likeness (QED) is 0.779. The second-order valence-corrected chi connectivity index (χ2v) is 5.61. The number of ether oxygens (including phenoxy) is 1. The van der Waals surface area contributed by atoms with E-state index in [0.29, 0.717) is 6.04 Å². The Morgan fingerprint density at radius 2 is 2.32 bits per heavy atom. The van der Waals surface area contributed by atoms with Gasteiger partial charge in [-0.15, -0.1) is 0 Å². The van der Waals surface area contributed by atoms with Crippen molar-refractivity contribution in [3.05, 3.63) is 23.9 Å². The minimum Gasteiger partial charge on any atom is -0.475 e. The smallest absolute Gasteiger partial charge is 0.218 e. The number of pyridine rings is 1. The summed E-state index contributed by atoms with van der Waals surface area (Å²) >= 11 is 0. The van der Waals surface area contributed by atoms with Crippen LogP contribution in [0.15, 0.2) is 18.3 Å². The molecule has 1 aromatic rings. The van der Waals surface area contributed by atoms with Crippen molar-refractivity contribution in [3.8, 4) is 5.88 Å². The summed E-state index contributed by atoms with van der Waals surface area (Å²) in [7, 11) is 0. The number of aromatic nitrogens is 1. The van der Waals surface area contributed by atoms with E-state index in [9.17, 15) is 0 Å². The van der Waals surface area contributed by atoms with Gasteiger partial charge in [0.05, 0.1) is 6.10 Å². The van der Waals surface area contributed by atoms with Gasteiger partial charge in [0.1, 0.15) is 0 Å². The molecular weight excluding hydrogens is 236 g/mol. The van der Waals surface area contributed by atoms with Gasteiger partial charge in [0, 0.05) is 17.8 Å². The maximum Gasteiger partial charge on any atom is 0.218 e. The zero-order valence-corrected chi connectivity index (χ0v) is 12.4. The molecule has 1 aliphatic heterocycles. The largest absolute Gasteiger partial charge is 0.475 e. The second kappa shape index (κ2) is 6.90. The third kappa shape index (κ3) is 3.69. The summed E-state index contributed by atoms with van der Waals surface area (Å²) in [4.78, 5) is 7.02. The van der Waals surface area contributed by atoms with Gasteiger partial charge in [-0.1, -0.05) is 19.4 Å². The number of nitrogens with zero attached hydrogens (tertiary/aromatic N) is 2. The lowest BCUT2D eigenvalue weighted by Crippen LogP contribution is -2.25. The molecule has 1 unspecified atom stereocenters. The highest BCUT2D eigenvalue weighted by Crippen LogP contribution is 2.36. The lowest BCUT2D eigenvalue weighted by molar-refractivity contribution is 0.211. The Morgan fingerprint density at radius 3 is 3.05 bits per heavy atom. The topological polar surface area (TPSA) is 25.4 Å². The number of hydrogen-bond acceptors (Lipinski definition) is 3. The molecule has 3 nitrogen and oxygen atoms in total. The first-order valence-electron chi connectivity index (χ1n) is 7.58. The maximum absolute atomic E-state index is 5.87. The van der Waals surface area contributed by atoms with Crippen LogP contribution < -0.4 is 4.74 Å². The Balaban J connectivity index is 2.15. The summed E-state index contributed by atoms with van der Waals surface area (Å²) in [5.41, 5.74) is 1.27. The molecule has 0 amide bonds. The van der Waals surface area contributed by atoms with Crippen molar-refractivity contribution in [2.45, 2.75) is 58.6 Å². The van der Waals surface area contributed by atoms with Crippen molar-refractivity contribution in [1.29, 1.82) is 0 Å². The molecule has 0 aromatic carbocycles. The molecule has 1 saturated heterocycles. The van der Waals surface area contributed by atoms with Crippen molar-refractivity contribution in [3.63, 3.8) is 0 Å². The minimum absolute atomic E-state index is 0.180. The van der Waals surface area contributed by atoms with Crippen LogP contribution in [0.3, 0.4) is 0 Å². The molecule has 1 aromatic heterocycles. The van der Waals surface area contributed by atoms with Gasteiger partial charge in [0.15, 0.2) is 0 Å². The monoisotopic (exact) mass is 262 g/mol. The average molecular weight is 262 g/mol. The fourth-order valence-electron chi connectivity index (χ4n) is 2.79. The highest BCUT2D eigenvalue weighted by molar-refractivity contribution is 5.30. The van der Waals surface area contributed by atoms with Gasteiger partial charge >= 0.3 is 0 Å². The molecule has 19 heavy (non-hydrogen) atoms. The van der Waals surface area contributed by atoms with Crippen LogP contribution >= 0.6 is 0 Å². The van der Waals surface area contributed by atoms with E-state index < -0.39 is 0 Å². The fraction of sp³-hybridized carbons (Fsp3) is 0.688. The molecule has 1 aliphatic rings. The second-order valence-electron chi connectivity index (χ2n) is 5.61. The van der Waals surface area contributed by atoms with Gasteiger partial charge in [0.25, 0.3) is 0 Å². The van der Waals surface area contributed by atoms with Crippen LogP contribution in [0.2, 0.25) is 0 Å². The summed E-state index contributed by atoms with van der Waals surface area (Å²) in [5.74, 6) is 0.825. The number of likely N-dealkylation sites (tertiary alicyclic amines) is 1. The van der Waals surface area contributed by atoms with E-state index in [-0.39, 0.29) is 6.10 Å². The van der Waals surface area contributed by atoms with E-state index >= 15 is 0 Å². The summed E-state index contributed by atoms with van der Waals surface area (Å²) in [6.07, 6.45) is 7.04. The Hall–Kier alpha value is -1.09. The van der Waals surface area contributed by atoms with Crippen LogP contribution in [0, 0.1) is 0 Å². The molecular formula is C16H26N2O. The van der Waals surface area contributed by atoms with Crippen molar-refractivity contribution in [2.75, 3.05) is 13.1 Å². The predicted octanol–water partition coefficient (Wildman–Crippen LogP) is 3.81. The zero-order valence-electron chi connectivity index (χ0n) is 12.4. The molecule has 0 radical (unpaired) electrons. The number of rotatable bonds is 6. The average Bonchev–Trinajstić information content (AvgIpc) is 2.84. The molecule has 1 atom stereocenters. The third-order valence-electron chi connectivity index (χ3n) is 3.67. The standard InChI is InChI=1S/C16H26N2O/c1-4-5-11-18-12-7-9-15(18)14-8-6-10-17-16(14)19-13(2)3/h6,8,10,13,15H,4-5,7,9,11-12H2,1-3H3. The first kappa shape index (κ1) is 14.3. The summed E-state index contributed by atoms with van der Waals surface area (Å²) in [6.45, 7) is 8.77. The highest BCUT2D eigenvalue weighted by Gasteiger charge is 2.28. The predicted molar refractivity (Wildman–Crippen MR) is 78.5 cm³/mol. The van der Waals surface area contributed by atoms with Gasteiger partial charge in [-0.25, -0.2) is 4.98 Å². The van der Waals surface area contributed by atoms with Crippen molar-refractivity contribution >= 4 is 0 Å². The van der Waals surface area contributed by atoms with Crippen LogP contribution in [-0.4, -0.2) is 29.1 Å². The van der Waals surface area contributed by atoms with Crippen LogP contribution in [0.1, 0.15) is 58.1 Å². The van der Waals surface area contributed by atoms with E-state index in [0.717, 1.165) is 5.88 Å². The van der Waals surface area contributed by atoms with E-state index in [1.54, 1.807) is 0 Å². The first-order chi connectivity index (χ1) is 9.22. The summed E-state index contributed by atoms with van der Waals surface area (Å²) < 4.78 is 5.87. The summed E-state index contributed by atoms with van der Waals surface area (Å²) in [6, 6.07) is 4.70. The van der Waals surface area contributed by atoms with E-state index in [4.69, 9.17) is 4.74 Å². The summed E-state index contributed by atoms with van der Waals surface area (Å²) in [5, 5.41) is 0. The highest BCUT2D eigenvalue weighted by atomic mass is 16.5. The van der Waals surface area contributed by atoms with Crippen LogP contribution in [-0.2, 0) is 0 Å². The molecule has 0 spiro atoms. The zero-order chi connectivity index (χ0) is 13.7. The van der Waals surface area contributed by atoms with Gasteiger partial charge in [-0.05, 0) is 52.3 Å². The van der Waals surface area contributed by atoms with E-state index in [1.807, 2.05) is 12.3 Å². The Morgan fingerprint density at radius 1 is 1.47 bits per heavy atom. The van der Waals surface area contributed by atoms with Gasteiger partial charge in [-0.3, -0.25) is 4.90 Å². The fourth-order valence-corrected chi connectivity index (χ4v) is 2.79. The Bertz CT molecular complexity index is 392. The molecule has 0 bridgehead atoms. The normalized spacial score (nSPS) is 20.1. The maximum atomic E-state index is 5.87. The number of unbranched alkanes of at least 4 members (excludes halogenated alkanes) is 1. The van der Waals surface area contributed by atoms with Crippen LogP contribution in [0.25, 0.3) is 0 Å². The SMILES string of the molecule is CCCCN1CCCC1c1cccnc1OC(C)C. The third-order valence-corrected chi connectivity index (χ3v) is 3.67. The molecule has 0 saturated carbocycles. The van der Waals surface area contributed by atoms with Gasteiger partial charge < -0.3 is 4.74 Å². The molecule has 1 fully saturated rings. The molecule has 3 heteroatoms. The Labute approximate surface area is 117 Å². The van der Waals surface area contributed by atoms with Gasteiger partial charge in [0.2, 0.25) is 5.88 Å². The molecule has 2 heterocycles. The molecule has 106 valence electrons. The van der Waals surface area contributed by atoms with Crippen molar-refractivity contribution in [1.82, 2.24) is 9.88 Å². The lowest BCUT2D eigenvalue weighted by Gasteiger charge is -2.26. The number of hydrogen-bond donors (Lipinski definition) is 0. The van der Waals surface area contributed by atoms with E-state index in [2.05, 4.69) is 36.7 Å². The van der Waals surface area contributed by atoms with Crippen LogP contribution in [0.4, 0.5) is 0 Å². The van der Waals surface area contributed by atoms with Gasteiger partial charge in [-0.2, -0.15) is 0 Å². The van der Waals surface area contributed by atoms with Crippen molar-refractivity contribution in [2.24, 2.45) is 0 Å². The van der Waals surface area contributed by atoms with Crippen LogP contribution in [0.5, 0.6) is 5.88 Å². The Kier molecular flexibility index (Phi) is 5.20.